The molecule has 0 aliphatic carbocycles. The van der Waals surface area contributed by atoms with Gasteiger partial charge in [-0.2, -0.15) is 0 Å². The van der Waals surface area contributed by atoms with Crippen LogP contribution in [0.25, 0.3) is 0 Å². The smallest absolute Gasteiger partial charge is 0.291 e. The van der Waals surface area contributed by atoms with Crippen molar-refractivity contribution in [3.05, 3.63) is 17.3 Å². The molecule has 0 spiro atoms. The van der Waals surface area contributed by atoms with Gasteiger partial charge < -0.3 is 15.1 Å². The summed E-state index contributed by atoms with van der Waals surface area (Å²) >= 11 is 5.11. The van der Waals surface area contributed by atoms with E-state index in [1.807, 2.05) is 0 Å². The van der Waals surface area contributed by atoms with Gasteiger partial charge in [-0.3, -0.25) is 9.69 Å². The third kappa shape index (κ3) is 3.41. The van der Waals surface area contributed by atoms with Crippen LogP contribution in [0.3, 0.4) is 0 Å². The lowest BCUT2D eigenvalue weighted by Gasteiger charge is -2.38. The molecule has 21 heavy (non-hydrogen) atoms. The third-order valence-electron chi connectivity index (χ3n) is 3.86. The summed E-state index contributed by atoms with van der Waals surface area (Å²) in [6.45, 7) is 8.45. The number of nitrogens with zero attached hydrogens (tertiary/aromatic N) is 3. The van der Waals surface area contributed by atoms with Gasteiger partial charge in [-0.25, -0.2) is 4.98 Å². The molecule has 7 heteroatoms. The zero-order valence-electron chi connectivity index (χ0n) is 12.8. The highest BCUT2D eigenvalue weighted by Gasteiger charge is 2.29. The molecule has 0 bridgehead atoms. The van der Waals surface area contributed by atoms with E-state index >= 15 is 0 Å². The van der Waals surface area contributed by atoms with E-state index < -0.39 is 0 Å². The molecule has 1 amide bonds. The van der Waals surface area contributed by atoms with Crippen molar-refractivity contribution in [2.75, 3.05) is 26.2 Å². The first-order chi connectivity index (χ1) is 9.93. The molecule has 1 fully saturated rings. The van der Waals surface area contributed by atoms with Crippen molar-refractivity contribution < 1.29 is 9.21 Å². The molecule has 0 aromatic carbocycles. The van der Waals surface area contributed by atoms with Gasteiger partial charge in [0.15, 0.2) is 5.89 Å². The van der Waals surface area contributed by atoms with E-state index in [9.17, 15) is 4.79 Å². The second-order valence-corrected chi connectivity index (χ2v) is 5.77. The Hall–Kier alpha value is -1.47. The molecule has 2 N–H and O–H groups in total. The number of oxazole rings is 1. The van der Waals surface area contributed by atoms with Gasteiger partial charge in [0, 0.05) is 33.1 Å². The number of aryl methyl sites for hydroxylation is 2. The normalized spacial score (nSPS) is 17.8. The average Bonchev–Trinajstić information content (AvgIpc) is 2.78. The molecule has 2 heterocycles. The van der Waals surface area contributed by atoms with Gasteiger partial charge in [-0.1, -0.05) is 19.1 Å². The van der Waals surface area contributed by atoms with E-state index in [1.165, 1.54) is 0 Å². The quantitative estimate of drug-likeness (QED) is 0.840. The van der Waals surface area contributed by atoms with Crippen LogP contribution in [-0.2, 0) is 0 Å². The average molecular weight is 310 g/mol. The van der Waals surface area contributed by atoms with Crippen LogP contribution in [0.4, 0.5) is 0 Å². The van der Waals surface area contributed by atoms with Gasteiger partial charge in [-0.15, -0.1) is 0 Å². The summed E-state index contributed by atoms with van der Waals surface area (Å²) < 4.78 is 5.41. The molecule has 1 unspecified atom stereocenters. The minimum absolute atomic E-state index is 0.0869. The number of carbonyl (C=O) groups is 1. The van der Waals surface area contributed by atoms with Crippen LogP contribution in [0, 0.1) is 13.8 Å². The molecule has 6 nitrogen and oxygen atoms in total. The fourth-order valence-electron chi connectivity index (χ4n) is 2.75. The summed E-state index contributed by atoms with van der Waals surface area (Å²) in [5.74, 6) is 0.785. The molecule has 1 aromatic rings. The van der Waals surface area contributed by atoms with E-state index in [2.05, 4.69) is 16.8 Å². The Bertz CT molecular complexity index is 535. The first kappa shape index (κ1) is 15.9. The SMILES string of the molecule is CCC(C(N)=S)N1CCN(C(=O)c2oc(C)nc2C)CC1. The topological polar surface area (TPSA) is 75.6 Å². The maximum atomic E-state index is 12.4. The third-order valence-corrected chi connectivity index (χ3v) is 4.13. The molecule has 1 aliphatic heterocycles. The molecule has 0 saturated carbocycles. The van der Waals surface area contributed by atoms with Crippen LogP contribution in [-0.4, -0.2) is 57.9 Å². The van der Waals surface area contributed by atoms with Crippen LogP contribution in [0.2, 0.25) is 0 Å². The molecule has 1 atom stereocenters. The standard InChI is InChI=1S/C14H22N4O2S/c1-4-11(13(15)21)17-5-7-18(8-6-17)14(19)12-9(2)16-10(3)20-12/h11H,4-8H2,1-3H3,(H2,15,21). The molecule has 1 aliphatic rings. The predicted molar refractivity (Wildman–Crippen MR) is 84.3 cm³/mol. The minimum Gasteiger partial charge on any atom is -0.436 e. The zero-order valence-corrected chi connectivity index (χ0v) is 13.6. The van der Waals surface area contributed by atoms with E-state index in [0.717, 1.165) is 19.5 Å². The lowest BCUT2D eigenvalue weighted by atomic mass is 10.1. The number of aromatic nitrogens is 1. The van der Waals surface area contributed by atoms with Gasteiger partial charge in [-0.05, 0) is 13.3 Å². The van der Waals surface area contributed by atoms with Crippen molar-refractivity contribution >= 4 is 23.1 Å². The summed E-state index contributed by atoms with van der Waals surface area (Å²) in [5, 5.41) is 0. The highest BCUT2D eigenvalue weighted by Crippen LogP contribution is 2.16. The first-order valence-electron chi connectivity index (χ1n) is 7.20. The largest absolute Gasteiger partial charge is 0.436 e. The van der Waals surface area contributed by atoms with Crippen LogP contribution >= 0.6 is 12.2 Å². The van der Waals surface area contributed by atoms with Crippen molar-refractivity contribution in [2.24, 2.45) is 5.73 Å². The molecule has 2 rings (SSSR count). The number of hydrogen-bond donors (Lipinski definition) is 1. The lowest BCUT2D eigenvalue weighted by molar-refractivity contribution is 0.0579. The van der Waals surface area contributed by atoms with Crippen molar-refractivity contribution in [1.82, 2.24) is 14.8 Å². The molecular formula is C14H22N4O2S. The maximum absolute atomic E-state index is 12.4. The Morgan fingerprint density at radius 3 is 2.43 bits per heavy atom. The van der Waals surface area contributed by atoms with E-state index in [1.54, 1.807) is 18.7 Å². The summed E-state index contributed by atoms with van der Waals surface area (Å²) in [6.07, 6.45) is 0.893. The Morgan fingerprint density at radius 1 is 1.38 bits per heavy atom. The number of thiocarbonyl (C=S) groups is 1. The second-order valence-electron chi connectivity index (χ2n) is 5.30. The number of carbonyl (C=O) groups excluding carboxylic acids is 1. The lowest BCUT2D eigenvalue weighted by Crippen LogP contribution is -2.54. The van der Waals surface area contributed by atoms with Gasteiger partial charge in [0.2, 0.25) is 5.76 Å². The molecule has 0 radical (unpaired) electrons. The van der Waals surface area contributed by atoms with Crippen molar-refractivity contribution in [1.29, 1.82) is 0 Å². The van der Waals surface area contributed by atoms with E-state index in [4.69, 9.17) is 22.4 Å². The van der Waals surface area contributed by atoms with Gasteiger partial charge in [0.05, 0.1) is 16.7 Å². The molecule has 1 saturated heterocycles. The summed E-state index contributed by atoms with van der Waals surface area (Å²) in [5.41, 5.74) is 6.42. The summed E-state index contributed by atoms with van der Waals surface area (Å²) in [6, 6.07) is 0.117. The van der Waals surface area contributed by atoms with Gasteiger partial charge in [0.1, 0.15) is 0 Å². The van der Waals surface area contributed by atoms with Crippen molar-refractivity contribution in [3.8, 4) is 0 Å². The maximum Gasteiger partial charge on any atom is 0.291 e. The van der Waals surface area contributed by atoms with Crippen LogP contribution < -0.4 is 5.73 Å². The highest BCUT2D eigenvalue weighted by molar-refractivity contribution is 7.80. The predicted octanol–water partition coefficient (Wildman–Crippen LogP) is 1.11. The molecule has 1 aromatic heterocycles. The Balaban J connectivity index is 1.99. The molecular weight excluding hydrogens is 288 g/mol. The van der Waals surface area contributed by atoms with Gasteiger partial charge in [0.25, 0.3) is 5.91 Å². The number of amides is 1. The van der Waals surface area contributed by atoms with Crippen LogP contribution in [0.1, 0.15) is 35.5 Å². The van der Waals surface area contributed by atoms with Gasteiger partial charge >= 0.3 is 0 Å². The fourth-order valence-corrected chi connectivity index (χ4v) is 3.07. The number of rotatable bonds is 4. The number of nitrogens with two attached hydrogens (primary N) is 1. The first-order valence-corrected chi connectivity index (χ1v) is 7.61. The van der Waals surface area contributed by atoms with Crippen molar-refractivity contribution in [2.45, 2.75) is 33.2 Å². The van der Waals surface area contributed by atoms with Crippen LogP contribution in [0.15, 0.2) is 4.42 Å². The Labute approximate surface area is 130 Å². The monoisotopic (exact) mass is 310 g/mol. The highest BCUT2D eigenvalue weighted by atomic mass is 32.1. The fraction of sp³-hybridized carbons (Fsp3) is 0.643. The van der Waals surface area contributed by atoms with Crippen molar-refractivity contribution in [3.63, 3.8) is 0 Å². The number of piperazine rings is 1. The summed E-state index contributed by atoms with van der Waals surface area (Å²) in [7, 11) is 0. The van der Waals surface area contributed by atoms with E-state index in [0.29, 0.717) is 35.4 Å². The zero-order chi connectivity index (χ0) is 15.6. The molecule has 116 valence electrons. The second kappa shape index (κ2) is 6.53. The Kier molecular flexibility index (Phi) is 4.95. The Morgan fingerprint density at radius 2 is 2.00 bits per heavy atom. The van der Waals surface area contributed by atoms with E-state index in [-0.39, 0.29) is 11.9 Å². The summed E-state index contributed by atoms with van der Waals surface area (Å²) in [4.78, 5) is 21.2. The van der Waals surface area contributed by atoms with Crippen LogP contribution in [0.5, 0.6) is 0 Å². The minimum atomic E-state index is -0.0869. The number of hydrogen-bond acceptors (Lipinski definition) is 5.